The first kappa shape index (κ1) is 18.3. The van der Waals surface area contributed by atoms with Gasteiger partial charge in [-0.05, 0) is 27.7 Å². The first-order valence-electron chi connectivity index (χ1n) is 7.23. The Morgan fingerprint density at radius 3 is 2.50 bits per heavy atom. The minimum Gasteiger partial charge on any atom is -0.465 e. The van der Waals surface area contributed by atoms with Crippen molar-refractivity contribution < 1.29 is 14.3 Å². The van der Waals surface area contributed by atoms with Crippen molar-refractivity contribution in [2.45, 2.75) is 38.9 Å². The first-order valence-corrected chi connectivity index (χ1v) is 8.22. The van der Waals surface area contributed by atoms with E-state index in [0.717, 1.165) is 11.8 Å². The van der Waals surface area contributed by atoms with Crippen molar-refractivity contribution in [1.29, 1.82) is 0 Å². The minimum absolute atomic E-state index is 0.0607. The molecule has 0 aliphatic rings. The maximum Gasteiger partial charge on any atom is 0.316 e. The van der Waals surface area contributed by atoms with Gasteiger partial charge in [-0.3, -0.25) is 14.2 Å². The second-order valence-corrected chi connectivity index (χ2v) is 5.43. The van der Waals surface area contributed by atoms with E-state index in [1.807, 2.05) is 13.8 Å². The van der Waals surface area contributed by atoms with E-state index in [1.54, 1.807) is 23.3 Å². The second-order valence-electron chi connectivity index (χ2n) is 4.49. The number of rotatable bonds is 8. The highest BCUT2D eigenvalue weighted by Gasteiger charge is 2.25. The van der Waals surface area contributed by atoms with Crippen LogP contribution in [0.2, 0.25) is 0 Å². The van der Waals surface area contributed by atoms with Crippen LogP contribution >= 0.6 is 11.8 Å². The maximum atomic E-state index is 12.4. The third kappa shape index (κ3) is 4.36. The molecule has 1 rings (SSSR count). The van der Waals surface area contributed by atoms with Crippen LogP contribution < -0.4 is 5.73 Å². The van der Waals surface area contributed by atoms with Gasteiger partial charge in [-0.2, -0.15) is 0 Å². The van der Waals surface area contributed by atoms with Crippen LogP contribution in [0.1, 0.15) is 33.7 Å². The summed E-state index contributed by atoms with van der Waals surface area (Å²) in [6.45, 7) is 8.88. The average molecular weight is 329 g/mol. The Labute approximate surface area is 134 Å². The van der Waals surface area contributed by atoms with Crippen LogP contribution in [0.4, 0.5) is 5.95 Å². The molecule has 0 aliphatic heterocycles. The molecule has 8 nitrogen and oxygen atoms in total. The van der Waals surface area contributed by atoms with E-state index in [1.165, 1.54) is 0 Å². The van der Waals surface area contributed by atoms with Gasteiger partial charge in [0.15, 0.2) is 5.16 Å². The Hall–Kier alpha value is -1.77. The second kappa shape index (κ2) is 8.62. The number of carbonyl (C=O) groups is 2. The number of nitrogen functional groups attached to an aromatic ring is 1. The highest BCUT2D eigenvalue weighted by atomic mass is 32.2. The van der Waals surface area contributed by atoms with Crippen molar-refractivity contribution in [2.24, 2.45) is 0 Å². The molecule has 0 fully saturated rings. The molecule has 0 saturated heterocycles. The zero-order valence-electron chi connectivity index (χ0n) is 13.4. The Morgan fingerprint density at radius 1 is 1.32 bits per heavy atom. The monoisotopic (exact) mass is 329 g/mol. The standard InChI is InChI=1S/C13H23N5O3S/c1-5-17(6-2)11(20)9(4)18-12(14)15-16-13(18)22-8-10(19)21-7-3/h9H,5-8H2,1-4H3,(H2,14,15). The van der Waals surface area contributed by atoms with Crippen molar-refractivity contribution in [3.05, 3.63) is 0 Å². The van der Waals surface area contributed by atoms with Crippen molar-refractivity contribution in [1.82, 2.24) is 19.7 Å². The average Bonchev–Trinajstić information content (AvgIpc) is 2.86. The smallest absolute Gasteiger partial charge is 0.316 e. The lowest BCUT2D eigenvalue weighted by molar-refractivity contribution is -0.139. The van der Waals surface area contributed by atoms with Gasteiger partial charge >= 0.3 is 5.97 Å². The SMILES string of the molecule is CCOC(=O)CSc1nnc(N)n1C(C)C(=O)N(CC)CC. The lowest BCUT2D eigenvalue weighted by Crippen LogP contribution is -2.36. The van der Waals surface area contributed by atoms with Crippen molar-refractivity contribution in [3.8, 4) is 0 Å². The number of hydrogen-bond donors (Lipinski definition) is 1. The molecule has 9 heteroatoms. The molecule has 0 saturated carbocycles. The number of esters is 1. The van der Waals surface area contributed by atoms with Crippen LogP contribution in [0.3, 0.4) is 0 Å². The highest BCUT2D eigenvalue weighted by molar-refractivity contribution is 7.99. The van der Waals surface area contributed by atoms with E-state index in [-0.39, 0.29) is 23.6 Å². The fourth-order valence-corrected chi connectivity index (χ4v) is 2.81. The fourth-order valence-electron chi connectivity index (χ4n) is 1.99. The normalized spacial score (nSPS) is 12.0. The van der Waals surface area contributed by atoms with Gasteiger partial charge in [0, 0.05) is 13.1 Å². The number of ether oxygens (including phenoxy) is 1. The molecule has 0 bridgehead atoms. The lowest BCUT2D eigenvalue weighted by Gasteiger charge is -2.24. The minimum atomic E-state index is -0.528. The van der Waals surface area contributed by atoms with Crippen molar-refractivity contribution >= 4 is 29.6 Å². The van der Waals surface area contributed by atoms with E-state index >= 15 is 0 Å². The quantitative estimate of drug-likeness (QED) is 0.559. The van der Waals surface area contributed by atoms with Crippen LogP contribution in [0, 0.1) is 0 Å². The van der Waals surface area contributed by atoms with Gasteiger partial charge in [-0.15, -0.1) is 10.2 Å². The summed E-state index contributed by atoms with van der Waals surface area (Å²) in [4.78, 5) is 25.6. The summed E-state index contributed by atoms with van der Waals surface area (Å²) in [7, 11) is 0. The molecule has 0 radical (unpaired) electrons. The Kier molecular flexibility index (Phi) is 7.16. The van der Waals surface area contributed by atoms with E-state index < -0.39 is 6.04 Å². The summed E-state index contributed by atoms with van der Waals surface area (Å²) >= 11 is 1.15. The van der Waals surface area contributed by atoms with E-state index in [9.17, 15) is 9.59 Å². The third-order valence-corrected chi connectivity index (χ3v) is 4.05. The molecule has 124 valence electrons. The lowest BCUT2D eigenvalue weighted by atomic mass is 10.3. The predicted octanol–water partition coefficient (Wildman–Crippen LogP) is 0.945. The molecule has 1 atom stereocenters. The van der Waals surface area contributed by atoms with Crippen LogP contribution in [0.15, 0.2) is 5.16 Å². The van der Waals surface area contributed by atoms with Crippen molar-refractivity contribution in [2.75, 3.05) is 31.2 Å². The molecule has 1 heterocycles. The molecule has 22 heavy (non-hydrogen) atoms. The molecule has 1 amide bonds. The molecular formula is C13H23N5O3S. The van der Waals surface area contributed by atoms with E-state index in [0.29, 0.717) is 24.9 Å². The van der Waals surface area contributed by atoms with E-state index in [4.69, 9.17) is 10.5 Å². The summed E-state index contributed by atoms with van der Waals surface area (Å²) < 4.78 is 6.41. The van der Waals surface area contributed by atoms with Gasteiger partial charge in [-0.1, -0.05) is 11.8 Å². The molecule has 0 spiro atoms. The third-order valence-electron chi connectivity index (χ3n) is 3.14. The summed E-state index contributed by atoms with van der Waals surface area (Å²) in [5, 5.41) is 8.17. The number of likely N-dealkylation sites (N-methyl/N-ethyl adjacent to an activating group) is 1. The van der Waals surface area contributed by atoms with Gasteiger partial charge in [0.1, 0.15) is 6.04 Å². The van der Waals surface area contributed by atoms with Gasteiger partial charge in [-0.25, -0.2) is 0 Å². The summed E-state index contributed by atoms with van der Waals surface area (Å²) in [5.74, 6) is -0.157. The zero-order valence-corrected chi connectivity index (χ0v) is 14.2. The summed E-state index contributed by atoms with van der Waals surface area (Å²) in [6, 6.07) is -0.528. The zero-order chi connectivity index (χ0) is 16.7. The van der Waals surface area contributed by atoms with Crippen LogP contribution in [0.5, 0.6) is 0 Å². The summed E-state index contributed by atoms with van der Waals surface area (Å²) in [6.07, 6.45) is 0. The number of amides is 1. The van der Waals surface area contributed by atoms with Crippen LogP contribution in [-0.4, -0.2) is 57.0 Å². The Morgan fingerprint density at radius 2 is 1.95 bits per heavy atom. The number of nitrogens with zero attached hydrogens (tertiary/aromatic N) is 4. The highest BCUT2D eigenvalue weighted by Crippen LogP contribution is 2.24. The number of aromatic nitrogens is 3. The molecule has 0 aromatic carbocycles. The molecule has 2 N–H and O–H groups in total. The Balaban J connectivity index is 2.88. The van der Waals surface area contributed by atoms with Gasteiger partial charge in [0.2, 0.25) is 11.9 Å². The topological polar surface area (TPSA) is 103 Å². The van der Waals surface area contributed by atoms with Gasteiger partial charge in [0.05, 0.1) is 12.4 Å². The number of carbonyl (C=O) groups excluding carboxylic acids is 2. The largest absolute Gasteiger partial charge is 0.465 e. The van der Waals surface area contributed by atoms with Crippen LogP contribution in [0.25, 0.3) is 0 Å². The Bertz CT molecular complexity index is 516. The first-order chi connectivity index (χ1) is 10.5. The van der Waals surface area contributed by atoms with Gasteiger partial charge < -0.3 is 15.4 Å². The maximum absolute atomic E-state index is 12.4. The molecule has 1 aromatic heterocycles. The number of thioether (sulfide) groups is 1. The molecular weight excluding hydrogens is 306 g/mol. The fraction of sp³-hybridized carbons (Fsp3) is 0.692. The number of anilines is 1. The molecule has 1 aromatic rings. The molecule has 1 unspecified atom stereocenters. The van der Waals surface area contributed by atoms with Crippen LogP contribution in [-0.2, 0) is 14.3 Å². The summed E-state index contributed by atoms with van der Waals surface area (Å²) in [5.41, 5.74) is 5.82. The van der Waals surface area contributed by atoms with Gasteiger partial charge in [0.25, 0.3) is 0 Å². The molecule has 0 aliphatic carbocycles. The number of hydrogen-bond acceptors (Lipinski definition) is 7. The predicted molar refractivity (Wildman–Crippen MR) is 84.4 cm³/mol. The van der Waals surface area contributed by atoms with E-state index in [2.05, 4.69) is 10.2 Å². The van der Waals surface area contributed by atoms with Crippen molar-refractivity contribution in [3.63, 3.8) is 0 Å². The number of nitrogens with two attached hydrogens (primary N) is 1.